The van der Waals surface area contributed by atoms with Crippen molar-refractivity contribution >= 4 is 11.6 Å². The molecule has 3 aliphatic rings. The SMILES string of the molecule is O=C1C[C@H]2CCCC(=O)[C@]23CCC[C@H]13. The summed E-state index contributed by atoms with van der Waals surface area (Å²) in [5, 5.41) is 0. The first-order valence-corrected chi connectivity index (χ1v) is 5.81. The third kappa shape index (κ3) is 0.825. The molecule has 0 N–H and O–H groups in total. The Morgan fingerprint density at radius 3 is 2.86 bits per heavy atom. The Balaban J connectivity index is 2.07. The van der Waals surface area contributed by atoms with Crippen LogP contribution in [0.4, 0.5) is 0 Å². The molecule has 0 amide bonds. The standard InChI is InChI=1S/C12H16O2/c13-10-7-8-3-1-5-11(14)12(8)6-2-4-9(10)12/h8-9H,1-7H2/t8-,9-,12-/m1/s1. The summed E-state index contributed by atoms with van der Waals surface area (Å²) in [5.74, 6) is 1.36. The Morgan fingerprint density at radius 1 is 1.14 bits per heavy atom. The van der Waals surface area contributed by atoms with E-state index in [1.807, 2.05) is 0 Å². The smallest absolute Gasteiger partial charge is 0.140 e. The minimum absolute atomic E-state index is 0.125. The maximum Gasteiger partial charge on any atom is 0.140 e. The first-order chi connectivity index (χ1) is 6.75. The minimum atomic E-state index is -0.157. The molecule has 3 fully saturated rings. The zero-order chi connectivity index (χ0) is 9.76. The second-order valence-electron chi connectivity index (χ2n) is 5.17. The van der Waals surface area contributed by atoms with Crippen LogP contribution >= 0.6 is 0 Å². The van der Waals surface area contributed by atoms with Crippen LogP contribution in [0.25, 0.3) is 0 Å². The molecule has 0 radical (unpaired) electrons. The molecule has 3 saturated carbocycles. The van der Waals surface area contributed by atoms with Crippen molar-refractivity contribution in [1.29, 1.82) is 0 Å². The van der Waals surface area contributed by atoms with E-state index in [9.17, 15) is 9.59 Å². The Labute approximate surface area is 84.1 Å². The van der Waals surface area contributed by atoms with E-state index in [1.165, 1.54) is 0 Å². The van der Waals surface area contributed by atoms with Crippen molar-refractivity contribution in [2.45, 2.75) is 44.9 Å². The van der Waals surface area contributed by atoms with Crippen molar-refractivity contribution in [3.05, 3.63) is 0 Å². The molecule has 2 heteroatoms. The summed E-state index contributed by atoms with van der Waals surface area (Å²) in [5.41, 5.74) is -0.157. The highest BCUT2D eigenvalue weighted by atomic mass is 16.1. The highest BCUT2D eigenvalue weighted by molar-refractivity contribution is 5.97. The van der Waals surface area contributed by atoms with Gasteiger partial charge in [0.05, 0.1) is 0 Å². The lowest BCUT2D eigenvalue weighted by atomic mass is 9.64. The summed E-state index contributed by atoms with van der Waals surface area (Å²) >= 11 is 0. The molecule has 0 bridgehead atoms. The van der Waals surface area contributed by atoms with E-state index in [2.05, 4.69) is 0 Å². The number of Topliss-reactive ketones (excluding diaryl/α,β-unsaturated/α-hetero) is 2. The molecule has 76 valence electrons. The Kier molecular flexibility index (Phi) is 1.65. The van der Waals surface area contributed by atoms with E-state index in [0.29, 0.717) is 23.9 Å². The fraction of sp³-hybridized carbons (Fsp3) is 0.833. The normalized spacial score (nSPS) is 46.6. The van der Waals surface area contributed by atoms with Gasteiger partial charge in [-0.3, -0.25) is 9.59 Å². The van der Waals surface area contributed by atoms with Gasteiger partial charge in [-0.25, -0.2) is 0 Å². The van der Waals surface area contributed by atoms with Gasteiger partial charge in [-0.2, -0.15) is 0 Å². The van der Waals surface area contributed by atoms with Crippen LogP contribution in [0.1, 0.15) is 44.9 Å². The fourth-order valence-corrected chi connectivity index (χ4v) is 4.20. The molecule has 1 spiro atoms. The van der Waals surface area contributed by atoms with E-state index in [4.69, 9.17) is 0 Å². The summed E-state index contributed by atoms with van der Waals surface area (Å²) in [7, 11) is 0. The van der Waals surface area contributed by atoms with Gasteiger partial charge in [0, 0.05) is 24.2 Å². The lowest BCUT2D eigenvalue weighted by Gasteiger charge is -2.37. The molecule has 2 nitrogen and oxygen atoms in total. The minimum Gasteiger partial charge on any atom is -0.299 e. The van der Waals surface area contributed by atoms with Crippen molar-refractivity contribution in [2.24, 2.45) is 17.3 Å². The second-order valence-corrected chi connectivity index (χ2v) is 5.17. The molecule has 0 aromatic carbocycles. The van der Waals surface area contributed by atoms with Crippen molar-refractivity contribution in [2.75, 3.05) is 0 Å². The predicted octanol–water partition coefficient (Wildman–Crippen LogP) is 2.11. The summed E-state index contributed by atoms with van der Waals surface area (Å²) in [4.78, 5) is 23.9. The van der Waals surface area contributed by atoms with Crippen molar-refractivity contribution in [1.82, 2.24) is 0 Å². The molecule has 3 aliphatic carbocycles. The average molecular weight is 192 g/mol. The first-order valence-electron chi connectivity index (χ1n) is 5.81. The lowest BCUT2D eigenvalue weighted by Crippen LogP contribution is -2.40. The number of rotatable bonds is 0. The molecule has 3 atom stereocenters. The van der Waals surface area contributed by atoms with Gasteiger partial charge >= 0.3 is 0 Å². The number of hydrogen-bond donors (Lipinski definition) is 0. The quantitative estimate of drug-likeness (QED) is 0.589. The van der Waals surface area contributed by atoms with Crippen LogP contribution in [0.3, 0.4) is 0 Å². The average Bonchev–Trinajstić information content (AvgIpc) is 2.67. The van der Waals surface area contributed by atoms with Crippen LogP contribution in [-0.4, -0.2) is 11.6 Å². The molecule has 0 aliphatic heterocycles. The maximum atomic E-state index is 12.1. The molecular weight excluding hydrogens is 176 g/mol. The lowest BCUT2D eigenvalue weighted by molar-refractivity contribution is -0.137. The van der Waals surface area contributed by atoms with E-state index in [0.717, 1.165) is 38.5 Å². The molecule has 0 unspecified atom stereocenters. The maximum absolute atomic E-state index is 12.1. The summed E-state index contributed by atoms with van der Waals surface area (Å²) < 4.78 is 0. The van der Waals surface area contributed by atoms with Crippen LogP contribution in [0.2, 0.25) is 0 Å². The van der Waals surface area contributed by atoms with Crippen LogP contribution < -0.4 is 0 Å². The van der Waals surface area contributed by atoms with Gasteiger partial charge in [0.2, 0.25) is 0 Å². The number of hydrogen-bond acceptors (Lipinski definition) is 2. The summed E-state index contributed by atoms with van der Waals surface area (Å²) in [6.45, 7) is 0. The van der Waals surface area contributed by atoms with Crippen molar-refractivity contribution < 1.29 is 9.59 Å². The zero-order valence-corrected chi connectivity index (χ0v) is 8.42. The largest absolute Gasteiger partial charge is 0.299 e. The zero-order valence-electron chi connectivity index (χ0n) is 8.42. The number of carbonyl (C=O) groups is 2. The van der Waals surface area contributed by atoms with Crippen LogP contribution in [0.5, 0.6) is 0 Å². The molecule has 0 heterocycles. The molecule has 14 heavy (non-hydrogen) atoms. The van der Waals surface area contributed by atoms with Crippen LogP contribution in [0, 0.1) is 17.3 Å². The molecule has 0 aromatic heterocycles. The van der Waals surface area contributed by atoms with Crippen LogP contribution in [-0.2, 0) is 9.59 Å². The predicted molar refractivity (Wildman–Crippen MR) is 51.7 cm³/mol. The van der Waals surface area contributed by atoms with E-state index >= 15 is 0 Å². The molecule has 0 saturated heterocycles. The highest BCUT2D eigenvalue weighted by Gasteiger charge is 2.61. The molecule has 3 rings (SSSR count). The van der Waals surface area contributed by atoms with Gasteiger partial charge in [0.1, 0.15) is 11.6 Å². The topological polar surface area (TPSA) is 34.1 Å². The Morgan fingerprint density at radius 2 is 2.00 bits per heavy atom. The third-order valence-corrected chi connectivity index (χ3v) is 4.75. The van der Waals surface area contributed by atoms with Crippen molar-refractivity contribution in [3.8, 4) is 0 Å². The van der Waals surface area contributed by atoms with E-state index < -0.39 is 0 Å². The van der Waals surface area contributed by atoms with Gasteiger partial charge in [-0.15, -0.1) is 0 Å². The number of ketones is 2. The molecular formula is C12H16O2. The fourth-order valence-electron chi connectivity index (χ4n) is 4.20. The number of carbonyl (C=O) groups excluding carboxylic acids is 2. The molecule has 0 aromatic rings. The van der Waals surface area contributed by atoms with E-state index in [1.54, 1.807) is 0 Å². The summed E-state index contributed by atoms with van der Waals surface area (Å²) in [6, 6.07) is 0. The van der Waals surface area contributed by atoms with Gasteiger partial charge in [-0.1, -0.05) is 6.42 Å². The van der Waals surface area contributed by atoms with Gasteiger partial charge < -0.3 is 0 Å². The Bertz CT molecular complexity index is 307. The summed E-state index contributed by atoms with van der Waals surface area (Å²) in [6.07, 6.45) is 6.67. The first kappa shape index (κ1) is 8.63. The third-order valence-electron chi connectivity index (χ3n) is 4.75. The van der Waals surface area contributed by atoms with E-state index in [-0.39, 0.29) is 11.3 Å². The van der Waals surface area contributed by atoms with Crippen LogP contribution in [0.15, 0.2) is 0 Å². The van der Waals surface area contributed by atoms with Gasteiger partial charge in [0.25, 0.3) is 0 Å². The monoisotopic (exact) mass is 192 g/mol. The van der Waals surface area contributed by atoms with Gasteiger partial charge in [0.15, 0.2) is 0 Å². The van der Waals surface area contributed by atoms with Gasteiger partial charge in [-0.05, 0) is 31.6 Å². The second kappa shape index (κ2) is 2.68. The highest BCUT2D eigenvalue weighted by Crippen LogP contribution is 2.60. The Hall–Kier alpha value is -0.660. The van der Waals surface area contributed by atoms with Crippen molar-refractivity contribution in [3.63, 3.8) is 0 Å².